The van der Waals surface area contributed by atoms with Gasteiger partial charge in [0.25, 0.3) is 0 Å². The van der Waals surface area contributed by atoms with Gasteiger partial charge in [-0.05, 0) is 43.7 Å². The van der Waals surface area contributed by atoms with Crippen LogP contribution >= 0.6 is 11.6 Å². The lowest BCUT2D eigenvalue weighted by Crippen LogP contribution is -1.99. The number of rotatable bonds is 2. The molecule has 1 nitrogen and oxygen atoms in total. The quantitative estimate of drug-likeness (QED) is 0.693. The molecule has 82 valence electrons. The number of alkyl halides is 1. The van der Waals surface area contributed by atoms with Crippen LogP contribution in [-0.2, 0) is 0 Å². The van der Waals surface area contributed by atoms with E-state index in [4.69, 9.17) is 16.3 Å². The third kappa shape index (κ3) is 2.28. The maximum absolute atomic E-state index is 6.15. The van der Waals surface area contributed by atoms with Crippen molar-refractivity contribution in [3.8, 4) is 5.75 Å². The lowest BCUT2D eigenvalue weighted by atomic mass is 9.95. The Kier molecular flexibility index (Phi) is 3.20. The highest BCUT2D eigenvalue weighted by Gasteiger charge is 2.26. The second-order valence-corrected chi connectivity index (χ2v) is 4.97. The Morgan fingerprint density at radius 3 is 2.73 bits per heavy atom. The summed E-state index contributed by atoms with van der Waals surface area (Å²) in [5, 5.41) is 0.347. The van der Waals surface area contributed by atoms with Crippen LogP contribution in [-0.4, -0.2) is 12.5 Å². The first-order valence-corrected chi connectivity index (χ1v) is 5.93. The van der Waals surface area contributed by atoms with E-state index in [0.29, 0.717) is 11.3 Å². The second kappa shape index (κ2) is 4.44. The first kappa shape index (κ1) is 10.8. The SMILES string of the molecule is COc1ccc(C)cc1C1CCC(Cl)C1. The Hall–Kier alpha value is -0.690. The molecule has 0 bridgehead atoms. The molecule has 0 radical (unpaired) electrons. The average molecular weight is 225 g/mol. The Balaban J connectivity index is 2.29. The summed E-state index contributed by atoms with van der Waals surface area (Å²) in [5.41, 5.74) is 2.63. The van der Waals surface area contributed by atoms with E-state index < -0.39 is 0 Å². The third-order valence-corrected chi connectivity index (χ3v) is 3.59. The summed E-state index contributed by atoms with van der Waals surface area (Å²) in [7, 11) is 1.74. The first-order valence-electron chi connectivity index (χ1n) is 5.49. The summed E-state index contributed by atoms with van der Waals surface area (Å²) in [4.78, 5) is 0. The monoisotopic (exact) mass is 224 g/mol. The van der Waals surface area contributed by atoms with Crippen LogP contribution in [0.2, 0.25) is 0 Å². The van der Waals surface area contributed by atoms with Crippen molar-refractivity contribution >= 4 is 11.6 Å². The van der Waals surface area contributed by atoms with Gasteiger partial charge in [0.05, 0.1) is 7.11 Å². The molecule has 2 atom stereocenters. The fraction of sp³-hybridized carbons (Fsp3) is 0.538. The Labute approximate surface area is 96.4 Å². The van der Waals surface area contributed by atoms with Gasteiger partial charge in [0, 0.05) is 5.38 Å². The molecule has 1 aromatic carbocycles. The summed E-state index contributed by atoms with van der Waals surface area (Å²) in [5.74, 6) is 1.60. The molecule has 1 saturated carbocycles. The molecule has 0 heterocycles. The number of methoxy groups -OCH3 is 1. The van der Waals surface area contributed by atoms with Crippen LogP contribution < -0.4 is 4.74 Å². The Morgan fingerprint density at radius 1 is 1.33 bits per heavy atom. The van der Waals surface area contributed by atoms with Crippen molar-refractivity contribution < 1.29 is 4.74 Å². The topological polar surface area (TPSA) is 9.23 Å². The van der Waals surface area contributed by atoms with E-state index >= 15 is 0 Å². The van der Waals surface area contributed by atoms with Crippen molar-refractivity contribution in [1.82, 2.24) is 0 Å². The highest BCUT2D eigenvalue weighted by atomic mass is 35.5. The molecule has 1 fully saturated rings. The smallest absolute Gasteiger partial charge is 0.122 e. The van der Waals surface area contributed by atoms with E-state index in [-0.39, 0.29) is 0 Å². The van der Waals surface area contributed by atoms with Gasteiger partial charge in [0.2, 0.25) is 0 Å². The lowest BCUT2D eigenvalue weighted by molar-refractivity contribution is 0.405. The van der Waals surface area contributed by atoms with E-state index in [1.165, 1.54) is 17.5 Å². The van der Waals surface area contributed by atoms with Crippen LogP contribution in [0.4, 0.5) is 0 Å². The second-order valence-electron chi connectivity index (χ2n) is 4.35. The van der Waals surface area contributed by atoms with Crippen LogP contribution in [0, 0.1) is 6.92 Å². The minimum Gasteiger partial charge on any atom is -0.496 e. The van der Waals surface area contributed by atoms with Gasteiger partial charge in [-0.15, -0.1) is 11.6 Å². The van der Waals surface area contributed by atoms with Crippen molar-refractivity contribution in [3.05, 3.63) is 29.3 Å². The zero-order chi connectivity index (χ0) is 10.8. The fourth-order valence-electron chi connectivity index (χ4n) is 2.38. The standard InChI is InChI=1S/C13H17ClO/c1-9-3-6-13(15-2)12(7-9)10-4-5-11(14)8-10/h3,6-7,10-11H,4-5,8H2,1-2H3. The molecular formula is C13H17ClO. The maximum Gasteiger partial charge on any atom is 0.122 e. The van der Waals surface area contributed by atoms with Gasteiger partial charge in [-0.2, -0.15) is 0 Å². The minimum atomic E-state index is 0.347. The minimum absolute atomic E-state index is 0.347. The number of hydrogen-bond acceptors (Lipinski definition) is 1. The van der Waals surface area contributed by atoms with Gasteiger partial charge in [-0.25, -0.2) is 0 Å². The number of halogens is 1. The number of ether oxygens (including phenoxy) is 1. The molecule has 2 unspecified atom stereocenters. The van der Waals surface area contributed by atoms with Crippen LogP contribution in [0.25, 0.3) is 0 Å². The van der Waals surface area contributed by atoms with Crippen molar-refractivity contribution in [2.75, 3.05) is 7.11 Å². The zero-order valence-corrected chi connectivity index (χ0v) is 10.1. The van der Waals surface area contributed by atoms with E-state index in [1.807, 2.05) is 0 Å². The van der Waals surface area contributed by atoms with E-state index in [0.717, 1.165) is 18.6 Å². The van der Waals surface area contributed by atoms with Gasteiger partial charge < -0.3 is 4.74 Å². The maximum atomic E-state index is 6.15. The van der Waals surface area contributed by atoms with Crippen LogP contribution in [0.5, 0.6) is 5.75 Å². The molecule has 0 aliphatic heterocycles. The molecule has 15 heavy (non-hydrogen) atoms. The summed E-state index contributed by atoms with van der Waals surface area (Å²) in [6.45, 7) is 2.12. The molecule has 2 heteroatoms. The summed E-state index contributed by atoms with van der Waals surface area (Å²) in [6.07, 6.45) is 3.40. The molecule has 0 N–H and O–H groups in total. The molecule has 1 aliphatic carbocycles. The highest BCUT2D eigenvalue weighted by molar-refractivity contribution is 6.20. The van der Waals surface area contributed by atoms with Crippen LogP contribution in [0.15, 0.2) is 18.2 Å². The highest BCUT2D eigenvalue weighted by Crippen LogP contribution is 2.41. The molecule has 0 saturated heterocycles. The van der Waals surface area contributed by atoms with Crippen molar-refractivity contribution in [3.63, 3.8) is 0 Å². The van der Waals surface area contributed by atoms with Gasteiger partial charge >= 0.3 is 0 Å². The summed E-state index contributed by atoms with van der Waals surface area (Å²) < 4.78 is 5.40. The number of benzene rings is 1. The molecular weight excluding hydrogens is 208 g/mol. The fourth-order valence-corrected chi connectivity index (χ4v) is 2.72. The number of aryl methyl sites for hydroxylation is 1. The van der Waals surface area contributed by atoms with E-state index in [1.54, 1.807) is 7.11 Å². The molecule has 0 aromatic heterocycles. The van der Waals surface area contributed by atoms with Crippen molar-refractivity contribution in [2.24, 2.45) is 0 Å². The zero-order valence-electron chi connectivity index (χ0n) is 9.29. The first-order chi connectivity index (χ1) is 7.20. The lowest BCUT2D eigenvalue weighted by Gasteiger charge is -2.15. The van der Waals surface area contributed by atoms with Gasteiger partial charge in [-0.1, -0.05) is 17.7 Å². The third-order valence-electron chi connectivity index (χ3n) is 3.19. The molecule has 1 aromatic rings. The summed E-state index contributed by atoms with van der Waals surface area (Å²) >= 11 is 6.15. The van der Waals surface area contributed by atoms with Gasteiger partial charge in [0.15, 0.2) is 0 Å². The summed E-state index contributed by atoms with van der Waals surface area (Å²) in [6, 6.07) is 6.39. The molecule has 0 amide bonds. The Morgan fingerprint density at radius 2 is 2.13 bits per heavy atom. The van der Waals surface area contributed by atoms with Crippen LogP contribution in [0.3, 0.4) is 0 Å². The van der Waals surface area contributed by atoms with E-state index in [9.17, 15) is 0 Å². The molecule has 2 rings (SSSR count). The normalized spacial score (nSPS) is 25.5. The van der Waals surface area contributed by atoms with Gasteiger partial charge in [-0.3, -0.25) is 0 Å². The number of hydrogen-bond donors (Lipinski definition) is 0. The van der Waals surface area contributed by atoms with Crippen LogP contribution in [0.1, 0.15) is 36.3 Å². The van der Waals surface area contributed by atoms with E-state index in [2.05, 4.69) is 25.1 Å². The van der Waals surface area contributed by atoms with Crippen molar-refractivity contribution in [2.45, 2.75) is 37.5 Å². The predicted molar refractivity (Wildman–Crippen MR) is 64.0 cm³/mol. The average Bonchev–Trinajstić information content (AvgIpc) is 2.65. The molecule has 0 spiro atoms. The Bertz CT molecular complexity index is 348. The largest absolute Gasteiger partial charge is 0.496 e. The van der Waals surface area contributed by atoms with Crippen molar-refractivity contribution in [1.29, 1.82) is 0 Å². The van der Waals surface area contributed by atoms with Gasteiger partial charge in [0.1, 0.15) is 5.75 Å². The molecule has 1 aliphatic rings. The predicted octanol–water partition coefficient (Wildman–Crippen LogP) is 3.88.